The molecule has 7 heterocycles. The van der Waals surface area contributed by atoms with Gasteiger partial charge in [-0.3, -0.25) is 9.59 Å². The van der Waals surface area contributed by atoms with Crippen LogP contribution in [0.25, 0.3) is 0 Å². The van der Waals surface area contributed by atoms with Gasteiger partial charge in [0.25, 0.3) is 0 Å². The van der Waals surface area contributed by atoms with Crippen LogP contribution in [0.4, 0.5) is 0 Å². The van der Waals surface area contributed by atoms with Crippen molar-refractivity contribution in [3.63, 3.8) is 0 Å². The van der Waals surface area contributed by atoms with Crippen molar-refractivity contribution in [3.8, 4) is 0 Å². The highest BCUT2D eigenvalue weighted by Gasteiger charge is 2.72. The molecule has 0 amide bonds. The van der Waals surface area contributed by atoms with Gasteiger partial charge < -0.3 is 58.7 Å². The number of ketones is 2. The Labute approximate surface area is 563 Å². The predicted octanol–water partition coefficient (Wildman–Crippen LogP) is 9.25. The fourth-order valence-corrected chi connectivity index (χ4v) is 18.7. The van der Waals surface area contributed by atoms with Crippen LogP contribution >= 0.6 is 0 Å². The minimum atomic E-state index is -0.930. The Morgan fingerprint density at radius 1 is 0.458 bits per heavy atom. The third-order valence-electron chi connectivity index (χ3n) is 24.6. The van der Waals surface area contributed by atoms with Crippen molar-refractivity contribution >= 4 is 53.4 Å². The summed E-state index contributed by atoms with van der Waals surface area (Å²) >= 11 is 0. The van der Waals surface area contributed by atoms with Gasteiger partial charge in [-0.25, -0.2) is 33.6 Å². The average molecular weight is 1340 g/mol. The number of aliphatic hydroxyl groups is 5. The van der Waals surface area contributed by atoms with Gasteiger partial charge in [0.15, 0.2) is 0 Å². The summed E-state index contributed by atoms with van der Waals surface area (Å²) in [5, 5.41) is 49.4. The number of hydrogen-bond donors (Lipinski definition) is 5. The molecule has 0 aromatic carbocycles. The third kappa shape index (κ3) is 13.8. The number of rotatable bonds is 2. The maximum Gasteiger partial charge on any atom is 0.334 e. The molecule has 16 rings (SSSR count). The minimum Gasteiger partial charge on any atom is -0.455 e. The van der Waals surface area contributed by atoms with E-state index in [0.717, 1.165) is 89.9 Å². The fourth-order valence-electron chi connectivity index (χ4n) is 18.7. The molecule has 0 aromatic heterocycles. The lowest BCUT2D eigenvalue weighted by atomic mass is 9.40. The minimum absolute atomic E-state index is 0.0377. The predicted molar refractivity (Wildman–Crippen MR) is 348 cm³/mol. The molecule has 16 aliphatic rings. The molecule has 7 saturated heterocycles. The van der Waals surface area contributed by atoms with Gasteiger partial charge in [0, 0.05) is 121 Å². The molecule has 0 radical (unpaired) electrons. The van der Waals surface area contributed by atoms with Gasteiger partial charge >= 0.3 is 41.8 Å². The van der Waals surface area contributed by atoms with Crippen LogP contribution in [0.5, 0.6) is 0 Å². The van der Waals surface area contributed by atoms with Crippen LogP contribution < -0.4 is 0 Å². The van der Waals surface area contributed by atoms with E-state index in [0.29, 0.717) is 122 Å². The molecule has 16 fully saturated rings. The van der Waals surface area contributed by atoms with Gasteiger partial charge in [0.1, 0.15) is 56.4 Å². The van der Waals surface area contributed by atoms with Gasteiger partial charge in [-0.2, -0.15) is 0 Å². The van der Waals surface area contributed by atoms with E-state index >= 15 is 0 Å². The quantitative estimate of drug-likeness (QED) is 0.0976. The number of carbonyl (C=O) groups excluding carboxylic acids is 9. The molecule has 9 saturated carbocycles. The van der Waals surface area contributed by atoms with E-state index < -0.39 is 50.9 Å². The van der Waals surface area contributed by atoms with Crippen LogP contribution in [0, 0.1) is 40.9 Å². The first-order valence-corrected chi connectivity index (χ1v) is 34.6. The number of hydrogen-bond acceptors (Lipinski definition) is 21. The molecule has 21 heteroatoms. The number of carbonyl (C=O) groups is 9. The Kier molecular flexibility index (Phi) is 20.8. The Hall–Kier alpha value is -6.39. The smallest absolute Gasteiger partial charge is 0.334 e. The summed E-state index contributed by atoms with van der Waals surface area (Å²) in [6.45, 7) is 39.8. The molecule has 7 aliphatic heterocycles. The lowest BCUT2D eigenvalue weighted by Gasteiger charge is -2.67. The number of ether oxygens (including phenoxy) is 7. The van der Waals surface area contributed by atoms with E-state index in [1.54, 1.807) is 0 Å². The zero-order valence-corrected chi connectivity index (χ0v) is 57.4. The summed E-state index contributed by atoms with van der Waals surface area (Å²) in [5.41, 5.74) is -0.746. The SMILES string of the molecule is C=C1CC2(CC3CC(C3(C)C)C2(C)O)OC1=O.C=C1CC2(CCC(=O)C2CC)OC1=O.C=C1CC2(CCC(C)C2O)OC1=O.C=C1CC2(CCC(O)C2)OC1=O.C=C1CC2(CCC(O)C2C)OC1=O.C=C1CC2(CCC(O)C2CC)OC1=O.C=C1CC2(CCCC(=O)C2)OC1=O. The molecule has 2 bridgehead atoms. The van der Waals surface area contributed by atoms with Crippen LogP contribution in [0.15, 0.2) is 85.1 Å². The van der Waals surface area contributed by atoms with Crippen molar-refractivity contribution in [2.45, 2.75) is 285 Å². The largest absolute Gasteiger partial charge is 0.455 e. The molecule has 18 atom stereocenters. The number of esters is 7. The maximum absolute atomic E-state index is 11.6. The molecular weight excluding hydrogens is 1240 g/mol. The first-order valence-electron chi connectivity index (χ1n) is 34.6. The molecule has 21 nitrogen and oxygen atoms in total. The first kappa shape index (κ1) is 73.8. The highest BCUT2D eigenvalue weighted by molar-refractivity contribution is 5.95. The van der Waals surface area contributed by atoms with Gasteiger partial charge in [-0.1, -0.05) is 87.6 Å². The van der Waals surface area contributed by atoms with Gasteiger partial charge in [0.2, 0.25) is 0 Å². The van der Waals surface area contributed by atoms with Crippen molar-refractivity contribution in [3.05, 3.63) is 85.1 Å². The van der Waals surface area contributed by atoms with E-state index in [9.17, 15) is 68.7 Å². The average Bonchev–Trinajstić information content (AvgIpc) is 0.904. The number of Topliss-reactive ketones (excluding diaryl/α,β-unsaturated/α-hetero) is 2. The summed E-state index contributed by atoms with van der Waals surface area (Å²) < 4.78 is 37.2. The molecule has 96 heavy (non-hydrogen) atoms. The zero-order chi connectivity index (χ0) is 70.8. The maximum atomic E-state index is 11.6. The second-order valence-corrected chi connectivity index (χ2v) is 31.3. The van der Waals surface area contributed by atoms with Crippen molar-refractivity contribution in [2.24, 2.45) is 40.9 Å². The topological polar surface area (TPSA) is 319 Å². The molecule has 0 aromatic rings. The van der Waals surface area contributed by atoms with Crippen molar-refractivity contribution < 1.29 is 102 Å². The summed E-state index contributed by atoms with van der Waals surface area (Å²) in [6.07, 6.45) is 16.4. The summed E-state index contributed by atoms with van der Waals surface area (Å²) in [4.78, 5) is 101. The van der Waals surface area contributed by atoms with Crippen molar-refractivity contribution in [2.75, 3.05) is 0 Å². The Balaban J connectivity index is 0.000000132. The van der Waals surface area contributed by atoms with E-state index in [1.165, 1.54) is 0 Å². The van der Waals surface area contributed by atoms with Crippen molar-refractivity contribution in [1.82, 2.24) is 0 Å². The molecule has 528 valence electrons. The van der Waals surface area contributed by atoms with E-state index in [2.05, 4.69) is 59.9 Å². The standard InChI is InChI=1S/C14H20O3.C11H16O3.C11H14O3.2C10H14O3.C10H12O3.C9H12O3/c1-8-6-14(17-11(8)15)7-9-5-10(12(9,2)3)13(14,4)16;2*1-3-8-9(12)4-5-11(8)6-7(2)10(13)14-11;1-6-5-10(13-9(6)12)4-3-8(11)7(10)2;1-6-3-4-10(8(6)11)5-7(2)9(12)13-10;1-7-5-10(13-9(7)12)4-2-3-8(11)6-10;1-6-4-9(12-8(6)11)3-2-7(10)5-9/h9-10,16H,1,5-7H2,2-4H3;8-9,12H,2-6H2,1H3;8H,2-6H2,1H3;7-8,11H,1,3-5H2,2H3;6,8,11H,2-5H2,1H3;1-6H2;7,10H,1-5H2. The van der Waals surface area contributed by atoms with Crippen LogP contribution in [0.1, 0.15) is 215 Å². The van der Waals surface area contributed by atoms with E-state index in [1.807, 2.05) is 34.6 Å². The Morgan fingerprint density at radius 2 is 0.927 bits per heavy atom. The summed E-state index contributed by atoms with van der Waals surface area (Å²) in [6, 6.07) is 0. The second kappa shape index (κ2) is 27.0. The lowest BCUT2D eigenvalue weighted by molar-refractivity contribution is -0.287. The summed E-state index contributed by atoms with van der Waals surface area (Å²) in [7, 11) is 0. The molecule has 5 N–H and O–H groups in total. The monoisotopic (exact) mass is 1340 g/mol. The Morgan fingerprint density at radius 3 is 1.33 bits per heavy atom. The van der Waals surface area contributed by atoms with Crippen LogP contribution in [-0.2, 0) is 76.3 Å². The van der Waals surface area contributed by atoms with Gasteiger partial charge in [-0.05, 0) is 126 Å². The molecular formula is C75H102O21. The third-order valence-corrected chi connectivity index (χ3v) is 24.6. The van der Waals surface area contributed by atoms with Crippen LogP contribution in [0.3, 0.4) is 0 Å². The highest BCUT2D eigenvalue weighted by atomic mass is 16.6. The number of aliphatic hydroxyl groups excluding tert-OH is 4. The lowest BCUT2D eigenvalue weighted by Crippen LogP contribution is -2.72. The van der Waals surface area contributed by atoms with E-state index in [4.69, 9.17) is 33.2 Å². The van der Waals surface area contributed by atoms with Gasteiger partial charge in [0.05, 0.1) is 30.3 Å². The van der Waals surface area contributed by atoms with Crippen LogP contribution in [0.2, 0.25) is 0 Å². The Bertz CT molecular complexity index is 3110. The highest BCUT2D eigenvalue weighted by Crippen LogP contribution is 2.68. The summed E-state index contributed by atoms with van der Waals surface area (Å²) in [5.74, 6) is -0.735. The molecule has 18 unspecified atom stereocenters. The second-order valence-electron chi connectivity index (χ2n) is 31.3. The normalized spacial score (nSPS) is 42.4. The van der Waals surface area contributed by atoms with Gasteiger partial charge in [-0.15, -0.1) is 0 Å². The van der Waals surface area contributed by atoms with E-state index in [-0.39, 0.29) is 107 Å². The molecule has 9 aliphatic carbocycles. The molecule has 7 spiro atoms. The zero-order valence-electron chi connectivity index (χ0n) is 57.4. The fraction of sp³-hybridized carbons (Fsp3) is 0.693. The van der Waals surface area contributed by atoms with Crippen molar-refractivity contribution in [1.29, 1.82) is 0 Å². The van der Waals surface area contributed by atoms with Crippen LogP contribution in [-0.4, -0.2) is 148 Å². The first-order chi connectivity index (χ1) is 44.7.